The van der Waals surface area contributed by atoms with Gasteiger partial charge in [0.15, 0.2) is 0 Å². The molecule has 0 amide bonds. The molecule has 1 aromatic carbocycles. The highest BCUT2D eigenvalue weighted by molar-refractivity contribution is 6.01. The summed E-state index contributed by atoms with van der Waals surface area (Å²) in [5.74, 6) is -2.40. The third kappa shape index (κ3) is 3.51. The lowest BCUT2D eigenvalue weighted by atomic mass is 10.1. The largest absolute Gasteiger partial charge is 0.477 e. The fourth-order valence-corrected chi connectivity index (χ4v) is 1.41. The van der Waals surface area contributed by atoms with E-state index in [4.69, 9.17) is 9.84 Å². The maximum atomic E-state index is 11.8. The number of ether oxygens (including phenoxy) is 1. The number of carboxylic acids is 1. The Kier molecular flexibility index (Phi) is 3.89. The summed E-state index contributed by atoms with van der Waals surface area (Å²) in [5, 5.41) is 19.8. The van der Waals surface area contributed by atoms with Crippen molar-refractivity contribution in [2.75, 3.05) is 0 Å². The van der Waals surface area contributed by atoms with Gasteiger partial charge in [-0.1, -0.05) is 6.07 Å². The van der Waals surface area contributed by atoms with Gasteiger partial charge in [-0.2, -0.15) is 0 Å². The zero-order chi connectivity index (χ0) is 14.8. The third-order valence-corrected chi connectivity index (χ3v) is 2.07. The lowest BCUT2D eigenvalue weighted by molar-refractivity contribution is -0.385. The van der Waals surface area contributed by atoms with E-state index >= 15 is 0 Å². The number of para-hydroxylation sites is 1. The lowest BCUT2D eigenvalue weighted by Crippen LogP contribution is -2.24. The summed E-state index contributed by atoms with van der Waals surface area (Å²) in [6.45, 7) is 4.83. The van der Waals surface area contributed by atoms with Crippen LogP contribution in [0.3, 0.4) is 0 Å². The molecule has 0 unspecified atom stereocenters. The van der Waals surface area contributed by atoms with Gasteiger partial charge in [0.05, 0.1) is 4.92 Å². The highest BCUT2D eigenvalue weighted by Gasteiger charge is 2.30. The molecule has 0 aromatic heterocycles. The van der Waals surface area contributed by atoms with Crippen molar-refractivity contribution in [3.63, 3.8) is 0 Å². The fourth-order valence-electron chi connectivity index (χ4n) is 1.41. The first kappa shape index (κ1) is 14.6. The van der Waals surface area contributed by atoms with Crippen LogP contribution in [-0.4, -0.2) is 27.6 Å². The normalized spacial score (nSPS) is 10.9. The first-order valence-corrected chi connectivity index (χ1v) is 5.37. The van der Waals surface area contributed by atoms with Crippen LogP contribution in [-0.2, 0) is 4.74 Å². The Morgan fingerprint density at radius 1 is 1.26 bits per heavy atom. The molecule has 0 heterocycles. The minimum absolute atomic E-state index is 0.375. The number of hydrogen-bond donors (Lipinski definition) is 1. The number of benzene rings is 1. The summed E-state index contributed by atoms with van der Waals surface area (Å²) < 4.78 is 5.01. The van der Waals surface area contributed by atoms with Gasteiger partial charge in [-0.05, 0) is 32.9 Å². The van der Waals surface area contributed by atoms with Crippen molar-refractivity contribution in [3.05, 3.63) is 39.4 Å². The summed E-state index contributed by atoms with van der Waals surface area (Å²) >= 11 is 0. The Labute approximate surface area is 109 Å². The van der Waals surface area contributed by atoms with Crippen LogP contribution in [0.4, 0.5) is 5.69 Å². The van der Waals surface area contributed by atoms with Crippen LogP contribution in [0.25, 0.3) is 0 Å². The number of nitro groups is 1. The number of carbonyl (C=O) groups is 2. The van der Waals surface area contributed by atoms with Gasteiger partial charge < -0.3 is 9.84 Å². The molecule has 7 heteroatoms. The Morgan fingerprint density at radius 2 is 1.79 bits per heavy atom. The number of nitro benzene ring substituents is 1. The monoisotopic (exact) mass is 267 g/mol. The quantitative estimate of drug-likeness (QED) is 0.511. The molecule has 0 aliphatic rings. The third-order valence-electron chi connectivity index (χ3n) is 2.07. The molecule has 1 rings (SSSR count). The van der Waals surface area contributed by atoms with Gasteiger partial charge in [-0.25, -0.2) is 9.59 Å². The summed E-state index contributed by atoms with van der Waals surface area (Å²) in [6.07, 6.45) is 0. The van der Waals surface area contributed by atoms with Crippen LogP contribution in [0.15, 0.2) is 18.2 Å². The average molecular weight is 267 g/mol. The van der Waals surface area contributed by atoms with E-state index in [1.165, 1.54) is 12.1 Å². The standard InChI is InChI=1S/C12H13NO6/c1-12(2,3)19-11(16)8-6-4-5-7(10(14)15)9(8)13(17)18/h4-6H,1-3H3,(H,14,15). The van der Waals surface area contributed by atoms with Crippen LogP contribution < -0.4 is 0 Å². The zero-order valence-electron chi connectivity index (χ0n) is 10.7. The molecule has 0 bridgehead atoms. The highest BCUT2D eigenvalue weighted by atomic mass is 16.6. The predicted octanol–water partition coefficient (Wildman–Crippen LogP) is 2.25. The smallest absolute Gasteiger partial charge is 0.345 e. The van der Waals surface area contributed by atoms with Gasteiger partial charge in [0.2, 0.25) is 0 Å². The second-order valence-corrected chi connectivity index (χ2v) is 4.77. The molecule has 0 saturated heterocycles. The summed E-state index contributed by atoms with van der Waals surface area (Å²) in [4.78, 5) is 32.8. The number of rotatable bonds is 3. The van der Waals surface area contributed by atoms with Crippen molar-refractivity contribution in [1.82, 2.24) is 0 Å². The van der Waals surface area contributed by atoms with E-state index in [9.17, 15) is 19.7 Å². The van der Waals surface area contributed by atoms with Crippen LogP contribution in [0.2, 0.25) is 0 Å². The maximum absolute atomic E-state index is 11.8. The van der Waals surface area contributed by atoms with E-state index in [2.05, 4.69) is 0 Å². The second-order valence-electron chi connectivity index (χ2n) is 4.77. The highest BCUT2D eigenvalue weighted by Crippen LogP contribution is 2.26. The fraction of sp³-hybridized carbons (Fsp3) is 0.333. The van der Waals surface area contributed by atoms with Crippen LogP contribution in [0, 0.1) is 10.1 Å². The Balaban J connectivity index is 3.36. The first-order valence-electron chi connectivity index (χ1n) is 5.37. The minimum Gasteiger partial charge on any atom is -0.477 e. The van der Waals surface area contributed by atoms with Crippen molar-refractivity contribution < 1.29 is 24.4 Å². The van der Waals surface area contributed by atoms with E-state index in [0.29, 0.717) is 0 Å². The Bertz CT molecular complexity index is 544. The average Bonchev–Trinajstić information content (AvgIpc) is 2.25. The maximum Gasteiger partial charge on any atom is 0.345 e. The second kappa shape index (κ2) is 5.05. The number of aromatic carboxylic acids is 1. The van der Waals surface area contributed by atoms with Crippen LogP contribution >= 0.6 is 0 Å². The van der Waals surface area contributed by atoms with Crippen LogP contribution in [0.1, 0.15) is 41.5 Å². The molecule has 0 spiro atoms. The lowest BCUT2D eigenvalue weighted by Gasteiger charge is -2.19. The molecule has 0 aliphatic heterocycles. The Hall–Kier alpha value is -2.44. The Morgan fingerprint density at radius 3 is 2.21 bits per heavy atom. The number of hydrogen-bond acceptors (Lipinski definition) is 5. The number of carbonyl (C=O) groups excluding carboxylic acids is 1. The summed E-state index contributed by atoms with van der Waals surface area (Å²) in [7, 11) is 0. The number of esters is 1. The van der Waals surface area contributed by atoms with Gasteiger partial charge in [0.25, 0.3) is 5.69 Å². The summed E-state index contributed by atoms with van der Waals surface area (Å²) in [5.41, 5.74) is -2.51. The molecule has 0 radical (unpaired) electrons. The summed E-state index contributed by atoms with van der Waals surface area (Å²) in [6, 6.07) is 3.49. The number of carboxylic acid groups (broad SMARTS) is 1. The molecule has 1 N–H and O–H groups in total. The molecule has 0 aliphatic carbocycles. The van der Waals surface area contributed by atoms with E-state index in [1.807, 2.05) is 0 Å². The SMILES string of the molecule is CC(C)(C)OC(=O)c1cccc(C(=O)O)c1[N+](=O)[O-]. The molecule has 0 saturated carbocycles. The van der Waals surface area contributed by atoms with E-state index in [-0.39, 0.29) is 5.56 Å². The van der Waals surface area contributed by atoms with E-state index in [1.54, 1.807) is 20.8 Å². The molecule has 7 nitrogen and oxygen atoms in total. The van der Waals surface area contributed by atoms with Crippen molar-refractivity contribution in [3.8, 4) is 0 Å². The molecule has 19 heavy (non-hydrogen) atoms. The zero-order valence-corrected chi connectivity index (χ0v) is 10.7. The van der Waals surface area contributed by atoms with Gasteiger partial charge in [-0.15, -0.1) is 0 Å². The van der Waals surface area contributed by atoms with Crippen molar-refractivity contribution in [1.29, 1.82) is 0 Å². The topological polar surface area (TPSA) is 107 Å². The van der Waals surface area contributed by atoms with Gasteiger partial charge in [-0.3, -0.25) is 10.1 Å². The van der Waals surface area contributed by atoms with Crippen molar-refractivity contribution in [2.24, 2.45) is 0 Å². The predicted molar refractivity (Wildman–Crippen MR) is 65.2 cm³/mol. The van der Waals surface area contributed by atoms with Gasteiger partial charge in [0, 0.05) is 0 Å². The van der Waals surface area contributed by atoms with Crippen molar-refractivity contribution >= 4 is 17.6 Å². The van der Waals surface area contributed by atoms with E-state index in [0.717, 1.165) is 6.07 Å². The molecular formula is C12H13NO6. The molecule has 102 valence electrons. The molecule has 0 atom stereocenters. The minimum atomic E-state index is -1.47. The molecule has 1 aromatic rings. The van der Waals surface area contributed by atoms with Gasteiger partial charge in [0.1, 0.15) is 16.7 Å². The van der Waals surface area contributed by atoms with E-state index < -0.39 is 33.7 Å². The molecule has 0 fully saturated rings. The first-order chi connectivity index (χ1) is 8.63. The van der Waals surface area contributed by atoms with Crippen molar-refractivity contribution in [2.45, 2.75) is 26.4 Å². The van der Waals surface area contributed by atoms with Gasteiger partial charge >= 0.3 is 11.9 Å². The molecular weight excluding hydrogens is 254 g/mol. The van der Waals surface area contributed by atoms with Crippen LogP contribution in [0.5, 0.6) is 0 Å². The number of nitrogens with zero attached hydrogens (tertiary/aromatic N) is 1.